The molecule has 0 saturated heterocycles. The second-order valence-corrected chi connectivity index (χ2v) is 6.60. The molecule has 0 aliphatic heterocycles. The number of hydrogen-bond donors (Lipinski definition) is 3. The van der Waals surface area contributed by atoms with E-state index in [1.54, 1.807) is 41.1 Å². The molecular formula is C20H20N4O2S. The minimum Gasteiger partial charge on any atom is -0.340 e. The van der Waals surface area contributed by atoms with Gasteiger partial charge < -0.3 is 5.32 Å². The molecule has 3 aromatic rings. The van der Waals surface area contributed by atoms with Gasteiger partial charge in [-0.15, -0.1) is 6.58 Å². The fraction of sp³-hybridized carbons (Fsp3) is 0.150. The second kappa shape index (κ2) is 8.57. The molecule has 0 atom stereocenters. The predicted octanol–water partition coefficient (Wildman–Crippen LogP) is 4.36. The maximum atomic E-state index is 11.5. The van der Waals surface area contributed by atoms with Gasteiger partial charge >= 0.3 is 0 Å². The highest BCUT2D eigenvalue weighted by Gasteiger charge is 2.14. The molecule has 3 N–H and O–H groups in total. The summed E-state index contributed by atoms with van der Waals surface area (Å²) in [6, 6.07) is 8.78. The van der Waals surface area contributed by atoms with Gasteiger partial charge in [0.1, 0.15) is 5.82 Å². The van der Waals surface area contributed by atoms with Crippen molar-refractivity contribution in [3.63, 3.8) is 0 Å². The van der Waals surface area contributed by atoms with Crippen molar-refractivity contribution >= 4 is 28.7 Å². The van der Waals surface area contributed by atoms with Crippen LogP contribution in [-0.4, -0.2) is 21.1 Å². The van der Waals surface area contributed by atoms with Crippen LogP contribution >= 0.6 is 11.3 Å². The highest BCUT2D eigenvalue weighted by Crippen LogP contribution is 2.27. The van der Waals surface area contributed by atoms with Crippen molar-refractivity contribution in [2.75, 3.05) is 5.32 Å². The molecule has 6 nitrogen and oxygen atoms in total. The van der Waals surface area contributed by atoms with E-state index in [9.17, 15) is 4.79 Å². The van der Waals surface area contributed by atoms with Crippen molar-refractivity contribution in [3.05, 3.63) is 70.6 Å². The number of rotatable bonds is 7. The molecule has 1 aromatic carbocycles. The Morgan fingerprint density at radius 3 is 2.63 bits per heavy atom. The summed E-state index contributed by atoms with van der Waals surface area (Å²) in [6.07, 6.45) is 3.27. The first-order valence-corrected chi connectivity index (χ1v) is 9.45. The number of aryl methyl sites for hydroxylation is 1. The molecule has 1 amide bonds. The lowest BCUT2D eigenvalue weighted by Gasteiger charge is -2.15. The van der Waals surface area contributed by atoms with E-state index in [1.807, 2.05) is 22.9 Å². The third-order valence-corrected chi connectivity index (χ3v) is 4.75. The Bertz CT molecular complexity index is 937. The van der Waals surface area contributed by atoms with Gasteiger partial charge in [0.15, 0.2) is 5.82 Å². The van der Waals surface area contributed by atoms with E-state index < -0.39 is 5.91 Å². The molecule has 27 heavy (non-hydrogen) atoms. The van der Waals surface area contributed by atoms with Crippen LogP contribution in [0.1, 0.15) is 28.5 Å². The zero-order valence-corrected chi connectivity index (χ0v) is 15.7. The third-order valence-electron chi connectivity index (χ3n) is 4.07. The summed E-state index contributed by atoms with van der Waals surface area (Å²) in [7, 11) is 0. The number of aromatic nitrogens is 2. The smallest absolute Gasteiger partial charge is 0.274 e. The average Bonchev–Trinajstić information content (AvgIpc) is 3.24. The fourth-order valence-corrected chi connectivity index (χ4v) is 3.35. The van der Waals surface area contributed by atoms with E-state index in [1.165, 1.54) is 0 Å². The molecule has 0 aliphatic rings. The molecule has 2 heterocycles. The topological polar surface area (TPSA) is 87.1 Å². The Balaban J connectivity index is 2.00. The summed E-state index contributed by atoms with van der Waals surface area (Å²) in [6.45, 7) is 5.91. The molecule has 0 radical (unpaired) electrons. The molecule has 2 aromatic heterocycles. The van der Waals surface area contributed by atoms with Gasteiger partial charge in [-0.1, -0.05) is 13.0 Å². The maximum absolute atomic E-state index is 11.5. The van der Waals surface area contributed by atoms with Gasteiger partial charge in [-0.05, 0) is 48.6 Å². The van der Waals surface area contributed by atoms with Crippen molar-refractivity contribution in [1.82, 2.24) is 15.4 Å². The van der Waals surface area contributed by atoms with Crippen molar-refractivity contribution < 1.29 is 10.0 Å². The molecular weight excluding hydrogens is 360 g/mol. The zero-order chi connectivity index (χ0) is 19.2. The quantitative estimate of drug-likeness (QED) is 0.322. The maximum Gasteiger partial charge on any atom is 0.274 e. The number of allylic oxidation sites excluding steroid dienone is 1. The number of hydrogen-bond acceptors (Lipinski definition) is 6. The van der Waals surface area contributed by atoms with E-state index in [-0.39, 0.29) is 0 Å². The normalized spacial score (nSPS) is 10.4. The van der Waals surface area contributed by atoms with E-state index in [0.29, 0.717) is 17.8 Å². The lowest BCUT2D eigenvalue weighted by Crippen LogP contribution is -2.18. The first-order valence-electron chi connectivity index (χ1n) is 8.51. The molecule has 0 fully saturated rings. The summed E-state index contributed by atoms with van der Waals surface area (Å²) in [5.74, 6) is 0.853. The second-order valence-electron chi connectivity index (χ2n) is 5.82. The van der Waals surface area contributed by atoms with Crippen LogP contribution in [0.25, 0.3) is 11.4 Å². The minimum absolute atomic E-state index is 0.366. The summed E-state index contributed by atoms with van der Waals surface area (Å²) < 4.78 is 0. The number of thiophene rings is 1. The van der Waals surface area contributed by atoms with E-state index in [2.05, 4.69) is 18.8 Å². The Labute approximate surface area is 161 Å². The molecule has 0 aliphatic carbocycles. The monoisotopic (exact) mass is 380 g/mol. The van der Waals surface area contributed by atoms with Gasteiger partial charge in [-0.3, -0.25) is 10.0 Å². The molecule has 7 heteroatoms. The predicted molar refractivity (Wildman–Crippen MR) is 108 cm³/mol. The average molecular weight is 380 g/mol. The number of benzene rings is 1. The number of anilines is 2. The van der Waals surface area contributed by atoms with Crippen LogP contribution in [0.4, 0.5) is 11.5 Å². The summed E-state index contributed by atoms with van der Waals surface area (Å²) >= 11 is 1.60. The van der Waals surface area contributed by atoms with Crippen LogP contribution in [0.3, 0.4) is 0 Å². The van der Waals surface area contributed by atoms with Crippen LogP contribution < -0.4 is 10.8 Å². The summed E-state index contributed by atoms with van der Waals surface area (Å²) in [5.41, 5.74) is 5.74. The number of carbonyl (C=O) groups excluding carboxylic acids is 1. The van der Waals surface area contributed by atoms with Crippen LogP contribution in [-0.2, 0) is 12.8 Å². The number of nitrogens with one attached hydrogen (secondary N) is 2. The molecule has 0 unspecified atom stereocenters. The van der Waals surface area contributed by atoms with Crippen molar-refractivity contribution in [3.8, 4) is 11.4 Å². The van der Waals surface area contributed by atoms with Gasteiger partial charge in [0.05, 0.1) is 0 Å². The molecule has 0 bridgehead atoms. The van der Waals surface area contributed by atoms with Crippen LogP contribution in [0, 0.1) is 0 Å². The Kier molecular flexibility index (Phi) is 5.95. The Morgan fingerprint density at radius 2 is 2.04 bits per heavy atom. The van der Waals surface area contributed by atoms with Crippen LogP contribution in [0.2, 0.25) is 0 Å². The summed E-state index contributed by atoms with van der Waals surface area (Å²) in [5, 5.41) is 16.1. The minimum atomic E-state index is -0.552. The van der Waals surface area contributed by atoms with Gasteiger partial charge in [0, 0.05) is 33.5 Å². The number of amides is 1. The van der Waals surface area contributed by atoms with Crippen molar-refractivity contribution in [1.29, 1.82) is 0 Å². The van der Waals surface area contributed by atoms with Crippen molar-refractivity contribution in [2.24, 2.45) is 0 Å². The highest BCUT2D eigenvalue weighted by atomic mass is 32.1. The Morgan fingerprint density at radius 1 is 1.26 bits per heavy atom. The number of hydroxylamine groups is 1. The lowest BCUT2D eigenvalue weighted by molar-refractivity contribution is 0.0706. The molecule has 0 spiro atoms. The van der Waals surface area contributed by atoms with Gasteiger partial charge in [0.25, 0.3) is 5.91 Å². The van der Waals surface area contributed by atoms with Gasteiger partial charge in [-0.25, -0.2) is 15.4 Å². The fourth-order valence-electron chi connectivity index (χ4n) is 2.71. The molecule has 0 saturated carbocycles. The van der Waals surface area contributed by atoms with Crippen LogP contribution in [0.5, 0.6) is 0 Å². The highest BCUT2D eigenvalue weighted by molar-refractivity contribution is 7.08. The summed E-state index contributed by atoms with van der Waals surface area (Å²) in [4.78, 5) is 20.9. The SMILES string of the molecule is C=CCc1c(CC)nc(-c2ccsc2)nc1Nc1ccc(C(=O)NO)cc1. The van der Waals surface area contributed by atoms with Crippen molar-refractivity contribution in [2.45, 2.75) is 19.8 Å². The molecule has 3 rings (SSSR count). The Hall–Kier alpha value is -3.03. The third kappa shape index (κ3) is 4.21. The molecule has 138 valence electrons. The van der Waals surface area contributed by atoms with E-state index in [0.717, 1.165) is 34.7 Å². The standard InChI is InChI=1S/C20H20N4O2S/c1-3-5-16-17(4-2)22-18(14-10-11-27-12-14)23-19(16)21-15-8-6-13(7-9-15)20(25)24-26/h3,6-12,26H,1,4-5H2,2H3,(H,24,25)(H,21,22,23). The first-order chi connectivity index (χ1) is 13.2. The van der Waals surface area contributed by atoms with Gasteiger partial charge in [-0.2, -0.15) is 11.3 Å². The zero-order valence-electron chi connectivity index (χ0n) is 14.9. The van der Waals surface area contributed by atoms with E-state index >= 15 is 0 Å². The van der Waals surface area contributed by atoms with Crippen LogP contribution in [0.15, 0.2) is 53.7 Å². The lowest BCUT2D eigenvalue weighted by atomic mass is 10.1. The largest absolute Gasteiger partial charge is 0.340 e. The van der Waals surface area contributed by atoms with E-state index in [4.69, 9.17) is 15.2 Å². The van der Waals surface area contributed by atoms with Gasteiger partial charge in [0.2, 0.25) is 0 Å². The first kappa shape index (κ1) is 18.8. The number of carbonyl (C=O) groups is 1. The number of nitrogens with zero attached hydrogens (tertiary/aromatic N) is 2.